The van der Waals surface area contributed by atoms with Gasteiger partial charge in [-0.05, 0) is 24.6 Å². The number of ether oxygens (including phenoxy) is 1. The van der Waals surface area contributed by atoms with Crippen molar-refractivity contribution >= 4 is 5.69 Å². The number of alkyl halides is 3. The van der Waals surface area contributed by atoms with E-state index in [4.69, 9.17) is 10.5 Å². The first kappa shape index (κ1) is 11.7. The molecule has 0 aliphatic rings. The zero-order valence-corrected chi connectivity index (χ0v) is 8.27. The Kier molecular flexibility index (Phi) is 3.44. The van der Waals surface area contributed by atoms with Crippen LogP contribution in [0.15, 0.2) is 18.2 Å². The molecule has 0 spiro atoms. The van der Waals surface area contributed by atoms with Crippen molar-refractivity contribution in [3.8, 4) is 5.75 Å². The molecule has 0 saturated heterocycles. The van der Waals surface area contributed by atoms with Gasteiger partial charge < -0.3 is 10.5 Å². The number of halogens is 3. The molecule has 5 heteroatoms. The summed E-state index contributed by atoms with van der Waals surface area (Å²) in [4.78, 5) is 0. The first-order valence-corrected chi connectivity index (χ1v) is 4.54. The molecule has 0 amide bonds. The molecule has 1 aromatic carbocycles. The highest BCUT2D eigenvalue weighted by Gasteiger charge is 2.34. The lowest BCUT2D eigenvalue weighted by Crippen LogP contribution is -2.09. The number of hydrogen-bond acceptors (Lipinski definition) is 2. The Balaban J connectivity index is 3.04. The van der Waals surface area contributed by atoms with Crippen molar-refractivity contribution < 1.29 is 17.9 Å². The molecule has 1 rings (SSSR count). The van der Waals surface area contributed by atoms with E-state index in [1.807, 2.05) is 6.92 Å². The van der Waals surface area contributed by atoms with Crippen LogP contribution in [0, 0.1) is 0 Å². The van der Waals surface area contributed by atoms with Crippen LogP contribution in [-0.4, -0.2) is 6.61 Å². The van der Waals surface area contributed by atoms with Crippen molar-refractivity contribution in [2.45, 2.75) is 19.5 Å². The third-order valence-electron chi connectivity index (χ3n) is 1.77. The maximum absolute atomic E-state index is 12.5. The third kappa shape index (κ3) is 3.04. The van der Waals surface area contributed by atoms with Crippen molar-refractivity contribution in [2.24, 2.45) is 0 Å². The Hall–Kier alpha value is -1.39. The predicted molar refractivity (Wildman–Crippen MR) is 51.6 cm³/mol. The van der Waals surface area contributed by atoms with E-state index < -0.39 is 11.7 Å². The quantitative estimate of drug-likeness (QED) is 0.793. The fourth-order valence-electron chi connectivity index (χ4n) is 1.11. The topological polar surface area (TPSA) is 35.2 Å². The fourth-order valence-corrected chi connectivity index (χ4v) is 1.11. The lowest BCUT2D eigenvalue weighted by molar-refractivity contribution is -0.138. The van der Waals surface area contributed by atoms with Gasteiger partial charge in [-0.2, -0.15) is 13.2 Å². The number of benzene rings is 1. The number of nitrogens with two attached hydrogens (primary N) is 1. The van der Waals surface area contributed by atoms with Gasteiger partial charge in [0.25, 0.3) is 0 Å². The molecule has 0 saturated carbocycles. The molecule has 0 atom stereocenters. The zero-order chi connectivity index (χ0) is 11.5. The van der Waals surface area contributed by atoms with Gasteiger partial charge in [-0.25, -0.2) is 0 Å². The maximum atomic E-state index is 12.5. The zero-order valence-electron chi connectivity index (χ0n) is 8.27. The number of hydrogen-bond donors (Lipinski definition) is 1. The number of rotatable bonds is 3. The molecule has 0 fully saturated rings. The Morgan fingerprint density at radius 1 is 1.33 bits per heavy atom. The molecule has 0 aliphatic heterocycles. The van der Waals surface area contributed by atoms with Crippen LogP contribution in [0.4, 0.5) is 18.9 Å². The third-order valence-corrected chi connectivity index (χ3v) is 1.77. The minimum Gasteiger partial charge on any atom is -0.493 e. The molecule has 2 nitrogen and oxygen atoms in total. The Labute approximate surface area is 85.8 Å². The number of anilines is 1. The van der Waals surface area contributed by atoms with Gasteiger partial charge in [-0.15, -0.1) is 0 Å². The van der Waals surface area contributed by atoms with Crippen LogP contribution in [0.3, 0.4) is 0 Å². The van der Waals surface area contributed by atoms with Gasteiger partial charge in [-0.3, -0.25) is 0 Å². The van der Waals surface area contributed by atoms with Gasteiger partial charge in [0, 0.05) is 5.69 Å². The van der Waals surface area contributed by atoms with Gasteiger partial charge in [0.05, 0.1) is 12.2 Å². The lowest BCUT2D eigenvalue weighted by Gasteiger charge is -2.13. The van der Waals surface area contributed by atoms with Gasteiger partial charge in [0.15, 0.2) is 0 Å². The summed E-state index contributed by atoms with van der Waals surface area (Å²) in [6, 6.07) is 3.51. The smallest absolute Gasteiger partial charge is 0.420 e. The molecule has 0 aliphatic carbocycles. The maximum Gasteiger partial charge on any atom is 0.420 e. The second-order valence-corrected chi connectivity index (χ2v) is 3.10. The average molecular weight is 219 g/mol. The Bertz CT molecular complexity index is 336. The van der Waals surface area contributed by atoms with Crippen LogP contribution in [0.2, 0.25) is 0 Å². The molecule has 0 radical (unpaired) electrons. The van der Waals surface area contributed by atoms with Crippen LogP contribution in [0.5, 0.6) is 5.75 Å². The van der Waals surface area contributed by atoms with Crippen molar-refractivity contribution in [3.63, 3.8) is 0 Å². The highest BCUT2D eigenvalue weighted by Crippen LogP contribution is 2.37. The molecule has 15 heavy (non-hydrogen) atoms. The second kappa shape index (κ2) is 4.42. The fraction of sp³-hybridized carbons (Fsp3) is 0.400. The van der Waals surface area contributed by atoms with Crippen LogP contribution >= 0.6 is 0 Å². The Morgan fingerprint density at radius 3 is 2.53 bits per heavy atom. The minimum atomic E-state index is -4.43. The van der Waals surface area contributed by atoms with Crippen LogP contribution in [0.25, 0.3) is 0 Å². The van der Waals surface area contributed by atoms with E-state index in [1.165, 1.54) is 12.1 Å². The van der Waals surface area contributed by atoms with Gasteiger partial charge in [0.2, 0.25) is 0 Å². The van der Waals surface area contributed by atoms with E-state index in [9.17, 15) is 13.2 Å². The van der Waals surface area contributed by atoms with E-state index in [0.717, 1.165) is 6.07 Å². The van der Waals surface area contributed by atoms with Crippen molar-refractivity contribution in [3.05, 3.63) is 23.8 Å². The highest BCUT2D eigenvalue weighted by atomic mass is 19.4. The molecule has 0 heterocycles. The van der Waals surface area contributed by atoms with E-state index in [-0.39, 0.29) is 18.0 Å². The van der Waals surface area contributed by atoms with Gasteiger partial charge in [0.1, 0.15) is 5.75 Å². The van der Waals surface area contributed by atoms with Crippen LogP contribution in [-0.2, 0) is 6.18 Å². The lowest BCUT2D eigenvalue weighted by atomic mass is 10.1. The van der Waals surface area contributed by atoms with Crippen molar-refractivity contribution in [1.29, 1.82) is 0 Å². The molecule has 0 bridgehead atoms. The average Bonchev–Trinajstić information content (AvgIpc) is 2.14. The second-order valence-electron chi connectivity index (χ2n) is 3.10. The monoisotopic (exact) mass is 219 g/mol. The summed E-state index contributed by atoms with van der Waals surface area (Å²) in [5.41, 5.74) is 4.55. The first-order valence-electron chi connectivity index (χ1n) is 4.54. The van der Waals surface area contributed by atoms with Gasteiger partial charge in [-0.1, -0.05) is 6.92 Å². The number of nitrogen functional groups attached to an aromatic ring is 1. The van der Waals surface area contributed by atoms with Gasteiger partial charge >= 0.3 is 6.18 Å². The normalized spacial score (nSPS) is 11.5. The van der Waals surface area contributed by atoms with Crippen LogP contribution in [0.1, 0.15) is 18.9 Å². The standard InChI is InChI=1S/C10H12F3NO/c1-2-5-15-9-4-3-7(14)6-8(9)10(11,12)13/h3-4,6H,2,5,14H2,1H3. The summed E-state index contributed by atoms with van der Waals surface area (Å²) in [6.45, 7) is 2.08. The van der Waals surface area contributed by atoms with E-state index in [2.05, 4.69) is 0 Å². The van der Waals surface area contributed by atoms with Crippen molar-refractivity contribution in [2.75, 3.05) is 12.3 Å². The van der Waals surface area contributed by atoms with E-state index >= 15 is 0 Å². The van der Waals surface area contributed by atoms with Crippen LogP contribution < -0.4 is 10.5 Å². The summed E-state index contributed by atoms with van der Waals surface area (Å²) in [5, 5.41) is 0. The largest absolute Gasteiger partial charge is 0.493 e. The molecular formula is C10H12F3NO. The molecule has 0 unspecified atom stereocenters. The minimum absolute atomic E-state index is 0.0752. The molecule has 0 aromatic heterocycles. The summed E-state index contributed by atoms with van der Waals surface area (Å²) in [5.74, 6) is -0.168. The molecular weight excluding hydrogens is 207 g/mol. The summed E-state index contributed by atoms with van der Waals surface area (Å²) >= 11 is 0. The summed E-state index contributed by atoms with van der Waals surface area (Å²) < 4.78 is 42.6. The van der Waals surface area contributed by atoms with E-state index in [0.29, 0.717) is 6.42 Å². The highest BCUT2D eigenvalue weighted by molar-refractivity contribution is 5.49. The van der Waals surface area contributed by atoms with E-state index in [1.54, 1.807) is 0 Å². The molecule has 1 aromatic rings. The first-order chi connectivity index (χ1) is 6.95. The predicted octanol–water partition coefficient (Wildman–Crippen LogP) is 3.08. The SMILES string of the molecule is CCCOc1ccc(N)cc1C(F)(F)F. The Morgan fingerprint density at radius 2 is 2.00 bits per heavy atom. The summed E-state index contributed by atoms with van der Waals surface area (Å²) in [6.07, 6.45) is -3.78. The van der Waals surface area contributed by atoms with Crippen molar-refractivity contribution in [1.82, 2.24) is 0 Å². The molecule has 2 N–H and O–H groups in total. The summed E-state index contributed by atoms with van der Waals surface area (Å²) in [7, 11) is 0. The molecule has 84 valence electrons.